The van der Waals surface area contributed by atoms with E-state index in [0.717, 1.165) is 5.56 Å². The first-order valence-electron chi connectivity index (χ1n) is 5.87. The van der Waals surface area contributed by atoms with Gasteiger partial charge >= 0.3 is 0 Å². The molecule has 0 aliphatic rings. The van der Waals surface area contributed by atoms with E-state index in [0.29, 0.717) is 26.8 Å². The number of nitrogen functional groups attached to an aromatic ring is 1. The Kier molecular flexibility index (Phi) is 3.07. The van der Waals surface area contributed by atoms with Gasteiger partial charge in [-0.1, -0.05) is 23.2 Å². The Bertz CT molecular complexity index is 827. The smallest absolute Gasteiger partial charge is 0.205 e. The number of hydrogen-bond donors (Lipinski definition) is 1. The molecule has 1 aromatic heterocycles. The Morgan fingerprint density at radius 3 is 2.65 bits per heavy atom. The van der Waals surface area contributed by atoms with Crippen LogP contribution < -0.4 is 5.73 Å². The van der Waals surface area contributed by atoms with Crippen molar-refractivity contribution in [2.75, 3.05) is 5.73 Å². The molecule has 2 N–H and O–H groups in total. The summed E-state index contributed by atoms with van der Waals surface area (Å²) in [5.41, 5.74) is 8.49. The first kappa shape index (κ1) is 13.2. The third-order valence-electron chi connectivity index (χ3n) is 3.11. The molecule has 0 saturated heterocycles. The van der Waals surface area contributed by atoms with Gasteiger partial charge in [0, 0.05) is 11.1 Å². The standard InChI is InChI=1S/C14H10Cl2FN3/c1-7-4-10(16)12(6-9(7)15)20-13-5-8(17)2-3-11(13)19-14(20)18/h2-6H,1H3,(H2,18,19). The van der Waals surface area contributed by atoms with E-state index in [-0.39, 0.29) is 11.8 Å². The number of hydrogen-bond acceptors (Lipinski definition) is 2. The quantitative estimate of drug-likeness (QED) is 0.725. The Morgan fingerprint density at radius 1 is 1.15 bits per heavy atom. The van der Waals surface area contributed by atoms with Gasteiger partial charge in [0.2, 0.25) is 5.95 Å². The van der Waals surface area contributed by atoms with Crippen LogP contribution in [0.2, 0.25) is 10.0 Å². The predicted octanol–water partition coefficient (Wildman–Crippen LogP) is 4.36. The van der Waals surface area contributed by atoms with Gasteiger partial charge in [-0.25, -0.2) is 9.37 Å². The molecule has 102 valence electrons. The maximum absolute atomic E-state index is 13.4. The van der Waals surface area contributed by atoms with E-state index in [1.54, 1.807) is 22.8 Å². The van der Waals surface area contributed by atoms with Gasteiger partial charge in [-0.3, -0.25) is 4.57 Å². The van der Waals surface area contributed by atoms with Gasteiger partial charge in [-0.05, 0) is 36.8 Å². The average Bonchev–Trinajstić information content (AvgIpc) is 2.69. The summed E-state index contributed by atoms with van der Waals surface area (Å²) >= 11 is 12.4. The van der Waals surface area contributed by atoms with Crippen LogP contribution in [0.15, 0.2) is 30.3 Å². The van der Waals surface area contributed by atoms with Crippen LogP contribution in [-0.4, -0.2) is 9.55 Å². The summed E-state index contributed by atoms with van der Waals surface area (Å²) in [5.74, 6) is -0.139. The summed E-state index contributed by atoms with van der Waals surface area (Å²) in [6.07, 6.45) is 0. The minimum Gasteiger partial charge on any atom is -0.369 e. The number of halogens is 3. The van der Waals surface area contributed by atoms with Crippen molar-refractivity contribution in [2.24, 2.45) is 0 Å². The second-order valence-corrected chi connectivity index (χ2v) is 5.31. The lowest BCUT2D eigenvalue weighted by Gasteiger charge is -2.11. The number of anilines is 1. The zero-order chi connectivity index (χ0) is 14.4. The lowest BCUT2D eigenvalue weighted by Crippen LogP contribution is -2.02. The molecule has 0 spiro atoms. The highest BCUT2D eigenvalue weighted by Gasteiger charge is 2.14. The van der Waals surface area contributed by atoms with Crippen molar-refractivity contribution in [2.45, 2.75) is 6.92 Å². The minimum absolute atomic E-state index is 0.229. The van der Waals surface area contributed by atoms with E-state index in [9.17, 15) is 4.39 Å². The van der Waals surface area contributed by atoms with Gasteiger partial charge in [0.15, 0.2) is 0 Å². The Balaban J connectivity index is 2.37. The molecule has 0 fully saturated rings. The summed E-state index contributed by atoms with van der Waals surface area (Å²) in [6, 6.07) is 7.71. The van der Waals surface area contributed by atoms with Gasteiger partial charge in [-0.15, -0.1) is 0 Å². The highest BCUT2D eigenvalue weighted by Crippen LogP contribution is 2.32. The fourth-order valence-electron chi connectivity index (χ4n) is 2.13. The van der Waals surface area contributed by atoms with Gasteiger partial charge in [0.05, 0.1) is 21.7 Å². The van der Waals surface area contributed by atoms with Crippen LogP contribution >= 0.6 is 23.2 Å². The van der Waals surface area contributed by atoms with E-state index < -0.39 is 0 Å². The van der Waals surface area contributed by atoms with Crippen molar-refractivity contribution in [3.8, 4) is 5.69 Å². The molecule has 0 amide bonds. The number of benzene rings is 2. The zero-order valence-electron chi connectivity index (χ0n) is 10.5. The molecule has 0 bridgehead atoms. The van der Waals surface area contributed by atoms with Crippen molar-refractivity contribution in [3.63, 3.8) is 0 Å². The molecule has 2 aromatic carbocycles. The maximum atomic E-state index is 13.4. The summed E-state index contributed by atoms with van der Waals surface area (Å²) in [7, 11) is 0. The average molecular weight is 310 g/mol. The molecule has 3 rings (SSSR count). The molecule has 0 atom stereocenters. The van der Waals surface area contributed by atoms with Gasteiger partial charge in [-0.2, -0.15) is 0 Å². The zero-order valence-corrected chi connectivity index (χ0v) is 12.0. The van der Waals surface area contributed by atoms with Crippen molar-refractivity contribution in [3.05, 3.63) is 51.8 Å². The van der Waals surface area contributed by atoms with E-state index >= 15 is 0 Å². The van der Waals surface area contributed by atoms with Gasteiger partial charge < -0.3 is 5.73 Å². The summed E-state index contributed by atoms with van der Waals surface area (Å²) in [5, 5.41) is 1.03. The first-order chi connectivity index (χ1) is 9.47. The normalized spacial score (nSPS) is 11.2. The Morgan fingerprint density at radius 2 is 1.90 bits per heavy atom. The Hall–Kier alpha value is -1.78. The van der Waals surface area contributed by atoms with Crippen LogP contribution in [0.3, 0.4) is 0 Å². The fourth-order valence-corrected chi connectivity index (χ4v) is 2.59. The fraction of sp³-hybridized carbons (Fsp3) is 0.0714. The number of nitrogens with two attached hydrogens (primary N) is 1. The highest BCUT2D eigenvalue weighted by molar-refractivity contribution is 6.35. The third-order valence-corrected chi connectivity index (χ3v) is 3.82. The molecular formula is C14H10Cl2FN3. The monoisotopic (exact) mass is 309 g/mol. The molecule has 0 aliphatic carbocycles. The molecule has 0 saturated carbocycles. The highest BCUT2D eigenvalue weighted by atomic mass is 35.5. The van der Waals surface area contributed by atoms with Crippen LogP contribution in [0.1, 0.15) is 5.56 Å². The number of fused-ring (bicyclic) bond motifs is 1. The molecule has 6 heteroatoms. The van der Waals surface area contributed by atoms with E-state index in [1.165, 1.54) is 12.1 Å². The van der Waals surface area contributed by atoms with Crippen LogP contribution in [0.4, 0.5) is 10.3 Å². The van der Waals surface area contributed by atoms with Crippen LogP contribution in [0.25, 0.3) is 16.7 Å². The van der Waals surface area contributed by atoms with Crippen LogP contribution in [0, 0.1) is 12.7 Å². The third kappa shape index (κ3) is 2.01. The molecule has 0 radical (unpaired) electrons. The molecule has 1 heterocycles. The summed E-state index contributed by atoms with van der Waals surface area (Å²) < 4.78 is 15.0. The van der Waals surface area contributed by atoms with Crippen molar-refractivity contribution >= 4 is 40.2 Å². The van der Waals surface area contributed by atoms with Crippen LogP contribution in [-0.2, 0) is 0 Å². The van der Waals surface area contributed by atoms with Crippen LogP contribution in [0.5, 0.6) is 0 Å². The van der Waals surface area contributed by atoms with Crippen molar-refractivity contribution in [1.29, 1.82) is 0 Å². The molecule has 0 aliphatic heterocycles. The maximum Gasteiger partial charge on any atom is 0.205 e. The summed E-state index contributed by atoms with van der Waals surface area (Å²) in [4.78, 5) is 4.20. The topological polar surface area (TPSA) is 43.8 Å². The van der Waals surface area contributed by atoms with Gasteiger partial charge in [0.25, 0.3) is 0 Å². The van der Waals surface area contributed by atoms with E-state index in [2.05, 4.69) is 4.98 Å². The number of aromatic nitrogens is 2. The van der Waals surface area contributed by atoms with Gasteiger partial charge in [0.1, 0.15) is 5.82 Å². The number of imidazole rings is 1. The molecule has 0 unspecified atom stereocenters. The number of rotatable bonds is 1. The lowest BCUT2D eigenvalue weighted by molar-refractivity contribution is 0.629. The molecule has 20 heavy (non-hydrogen) atoms. The second kappa shape index (κ2) is 4.65. The SMILES string of the molecule is Cc1cc(Cl)c(-n2c(N)nc3ccc(F)cc32)cc1Cl. The van der Waals surface area contributed by atoms with Crippen molar-refractivity contribution < 1.29 is 4.39 Å². The second-order valence-electron chi connectivity index (χ2n) is 4.49. The van der Waals surface area contributed by atoms with Crippen molar-refractivity contribution in [1.82, 2.24) is 9.55 Å². The molecular weight excluding hydrogens is 300 g/mol. The lowest BCUT2D eigenvalue weighted by atomic mass is 10.2. The van der Waals surface area contributed by atoms with E-state index in [1.807, 2.05) is 6.92 Å². The number of nitrogens with zero attached hydrogens (tertiary/aromatic N) is 2. The number of aryl methyl sites for hydroxylation is 1. The molecule has 3 aromatic rings. The first-order valence-corrected chi connectivity index (χ1v) is 6.62. The predicted molar refractivity (Wildman–Crippen MR) is 80.2 cm³/mol. The van der Waals surface area contributed by atoms with E-state index in [4.69, 9.17) is 28.9 Å². The largest absolute Gasteiger partial charge is 0.369 e. The Labute approximate surface area is 124 Å². The minimum atomic E-state index is -0.368. The molecule has 3 nitrogen and oxygen atoms in total. The summed E-state index contributed by atoms with van der Waals surface area (Å²) in [6.45, 7) is 1.85.